The van der Waals surface area contributed by atoms with E-state index in [2.05, 4.69) is 76.8 Å². The molecule has 0 radical (unpaired) electrons. The molecule has 0 saturated carbocycles. The molecule has 2 aromatic carbocycles. The van der Waals surface area contributed by atoms with Crippen molar-refractivity contribution in [1.82, 2.24) is 10.3 Å². The van der Waals surface area contributed by atoms with Gasteiger partial charge in [-0.2, -0.15) is 0 Å². The minimum absolute atomic E-state index is 0.232. The molecule has 1 aromatic heterocycles. The van der Waals surface area contributed by atoms with Crippen molar-refractivity contribution in [1.29, 1.82) is 0 Å². The number of rotatable bonds is 8. The van der Waals surface area contributed by atoms with Crippen molar-refractivity contribution >= 4 is 47.0 Å². The lowest BCUT2D eigenvalue weighted by Gasteiger charge is -2.18. The van der Waals surface area contributed by atoms with E-state index >= 15 is 0 Å². The van der Waals surface area contributed by atoms with Gasteiger partial charge >= 0.3 is 0 Å². The SMILES string of the molecule is C=C(NCc1ccc(F)cc1)c1cnc(Nc2ccc(Br)c(PC)c2)cc1C(C)C. The van der Waals surface area contributed by atoms with Crippen LogP contribution in [0.3, 0.4) is 0 Å². The number of nitrogens with one attached hydrogen (secondary N) is 2. The number of anilines is 2. The van der Waals surface area contributed by atoms with Crippen LogP contribution in [0, 0.1) is 5.82 Å². The van der Waals surface area contributed by atoms with Gasteiger partial charge < -0.3 is 10.6 Å². The molecule has 3 aromatic rings. The van der Waals surface area contributed by atoms with Crippen LogP contribution in [0.4, 0.5) is 15.9 Å². The zero-order valence-corrected chi connectivity index (χ0v) is 20.0. The molecule has 3 nitrogen and oxygen atoms in total. The fraction of sp³-hybridized carbons (Fsp3) is 0.208. The van der Waals surface area contributed by atoms with Gasteiger partial charge in [0.05, 0.1) is 0 Å². The van der Waals surface area contributed by atoms with Crippen LogP contribution in [-0.2, 0) is 6.54 Å². The van der Waals surface area contributed by atoms with E-state index in [9.17, 15) is 4.39 Å². The van der Waals surface area contributed by atoms with Crippen molar-refractivity contribution < 1.29 is 4.39 Å². The van der Waals surface area contributed by atoms with E-state index in [0.717, 1.165) is 32.8 Å². The Labute approximate surface area is 188 Å². The quantitative estimate of drug-likeness (QED) is 0.355. The lowest BCUT2D eigenvalue weighted by atomic mass is 9.97. The molecule has 1 atom stereocenters. The van der Waals surface area contributed by atoms with Crippen LogP contribution < -0.4 is 15.9 Å². The van der Waals surface area contributed by atoms with E-state index in [1.54, 1.807) is 12.1 Å². The first-order valence-electron chi connectivity index (χ1n) is 9.79. The van der Waals surface area contributed by atoms with Crippen LogP contribution in [0.15, 0.2) is 65.8 Å². The molecule has 0 spiro atoms. The highest BCUT2D eigenvalue weighted by molar-refractivity contribution is 9.10. The van der Waals surface area contributed by atoms with Gasteiger partial charge in [-0.1, -0.05) is 57.1 Å². The standard InChI is InChI=1S/C24H26BrFN3P/c1-15(2)20-12-24(29-19-9-10-22(25)23(11-19)30-4)28-14-21(20)16(3)27-13-17-5-7-18(26)8-6-17/h5-12,14-15,27,30H,3,13H2,1-2,4H3,(H,28,29). The highest BCUT2D eigenvalue weighted by atomic mass is 79.9. The molecule has 1 unspecified atom stereocenters. The summed E-state index contributed by atoms with van der Waals surface area (Å²) in [6, 6.07) is 14.8. The number of benzene rings is 2. The van der Waals surface area contributed by atoms with Gasteiger partial charge in [-0.25, -0.2) is 9.37 Å². The second-order valence-electron chi connectivity index (χ2n) is 7.34. The summed E-state index contributed by atoms with van der Waals surface area (Å²) in [6.07, 6.45) is 1.86. The number of hydrogen-bond acceptors (Lipinski definition) is 3. The molecular weight excluding hydrogens is 460 g/mol. The van der Waals surface area contributed by atoms with Crippen LogP contribution in [0.1, 0.15) is 36.5 Å². The Kier molecular flexibility index (Phi) is 7.63. The molecular formula is C24H26BrFN3P. The van der Waals surface area contributed by atoms with Crippen LogP contribution in [0.25, 0.3) is 5.70 Å². The predicted octanol–water partition coefficient (Wildman–Crippen LogP) is 6.54. The van der Waals surface area contributed by atoms with Gasteiger partial charge in [-0.05, 0) is 65.4 Å². The average molecular weight is 486 g/mol. The highest BCUT2D eigenvalue weighted by Gasteiger charge is 2.12. The van der Waals surface area contributed by atoms with E-state index < -0.39 is 0 Å². The molecule has 156 valence electrons. The smallest absolute Gasteiger partial charge is 0.130 e. The fourth-order valence-corrected chi connectivity index (χ4v) is 4.58. The number of pyridine rings is 1. The maximum absolute atomic E-state index is 13.1. The number of nitrogens with zero attached hydrogens (tertiary/aromatic N) is 1. The van der Waals surface area contributed by atoms with E-state index in [1.165, 1.54) is 23.0 Å². The Hall–Kier alpha value is -2.23. The van der Waals surface area contributed by atoms with Crippen LogP contribution >= 0.6 is 24.5 Å². The van der Waals surface area contributed by atoms with Crippen LogP contribution in [0.2, 0.25) is 0 Å². The lowest BCUT2D eigenvalue weighted by Crippen LogP contribution is -2.13. The maximum Gasteiger partial charge on any atom is 0.130 e. The lowest BCUT2D eigenvalue weighted by molar-refractivity contribution is 0.626. The summed E-state index contributed by atoms with van der Waals surface area (Å²) in [5, 5.41) is 8.03. The van der Waals surface area contributed by atoms with Gasteiger partial charge in [0.15, 0.2) is 0 Å². The van der Waals surface area contributed by atoms with Crippen molar-refractivity contribution in [2.75, 3.05) is 12.0 Å². The predicted molar refractivity (Wildman–Crippen MR) is 132 cm³/mol. The second-order valence-corrected chi connectivity index (χ2v) is 9.23. The second kappa shape index (κ2) is 10.2. The normalized spacial score (nSPS) is 11.3. The molecule has 0 saturated heterocycles. The topological polar surface area (TPSA) is 37.0 Å². The Balaban J connectivity index is 1.77. The van der Waals surface area contributed by atoms with Gasteiger partial charge in [0.25, 0.3) is 0 Å². The van der Waals surface area contributed by atoms with E-state index in [1.807, 2.05) is 12.3 Å². The minimum atomic E-state index is -0.232. The molecule has 0 aliphatic carbocycles. The average Bonchev–Trinajstić information content (AvgIpc) is 2.74. The fourth-order valence-electron chi connectivity index (χ4n) is 3.12. The van der Waals surface area contributed by atoms with Gasteiger partial charge in [-0.15, -0.1) is 0 Å². The summed E-state index contributed by atoms with van der Waals surface area (Å²) in [4.78, 5) is 4.61. The molecule has 0 aliphatic heterocycles. The van der Waals surface area contributed by atoms with E-state index in [-0.39, 0.29) is 5.82 Å². The zero-order valence-electron chi connectivity index (χ0n) is 17.4. The van der Waals surface area contributed by atoms with E-state index in [0.29, 0.717) is 21.0 Å². The summed E-state index contributed by atoms with van der Waals surface area (Å²) in [5.41, 5.74) is 4.98. The summed E-state index contributed by atoms with van der Waals surface area (Å²) in [7, 11) is 0.713. The van der Waals surface area contributed by atoms with Gasteiger partial charge in [0.2, 0.25) is 0 Å². The Morgan fingerprint density at radius 2 is 1.90 bits per heavy atom. The van der Waals surface area contributed by atoms with E-state index in [4.69, 9.17) is 0 Å². The van der Waals surface area contributed by atoms with Crippen molar-refractivity contribution in [3.63, 3.8) is 0 Å². The summed E-state index contributed by atoms with van der Waals surface area (Å²) in [5.74, 6) is 0.885. The van der Waals surface area contributed by atoms with Crippen LogP contribution in [-0.4, -0.2) is 11.6 Å². The molecule has 6 heteroatoms. The monoisotopic (exact) mass is 485 g/mol. The Morgan fingerprint density at radius 1 is 1.17 bits per heavy atom. The Bertz CT molecular complexity index is 1040. The molecule has 0 bridgehead atoms. The molecule has 0 fully saturated rings. The molecule has 30 heavy (non-hydrogen) atoms. The first-order valence-corrected chi connectivity index (χ1v) is 12.1. The first kappa shape index (κ1) is 22.5. The number of aromatic nitrogens is 1. The van der Waals surface area contributed by atoms with Crippen LogP contribution in [0.5, 0.6) is 0 Å². The molecule has 3 rings (SSSR count). The largest absolute Gasteiger partial charge is 0.381 e. The van der Waals surface area contributed by atoms with Gasteiger partial charge in [-0.3, -0.25) is 0 Å². The van der Waals surface area contributed by atoms with Gasteiger partial charge in [0, 0.05) is 34.2 Å². The first-order chi connectivity index (χ1) is 14.4. The van der Waals surface area contributed by atoms with Crippen molar-refractivity contribution in [2.24, 2.45) is 0 Å². The molecule has 2 N–H and O–H groups in total. The third-order valence-electron chi connectivity index (χ3n) is 4.81. The molecule has 0 aliphatic rings. The van der Waals surface area contributed by atoms with Crippen molar-refractivity contribution in [3.05, 3.63) is 88.3 Å². The minimum Gasteiger partial charge on any atom is -0.381 e. The highest BCUT2D eigenvalue weighted by Crippen LogP contribution is 2.28. The number of hydrogen-bond donors (Lipinski definition) is 2. The zero-order chi connectivity index (χ0) is 21.7. The molecule has 1 heterocycles. The maximum atomic E-state index is 13.1. The molecule has 0 amide bonds. The number of halogens is 2. The third kappa shape index (κ3) is 5.68. The van der Waals surface area contributed by atoms with Gasteiger partial charge in [0.1, 0.15) is 11.6 Å². The third-order valence-corrected chi connectivity index (χ3v) is 6.82. The Morgan fingerprint density at radius 3 is 2.57 bits per heavy atom. The van der Waals surface area contributed by atoms with Crippen molar-refractivity contribution in [3.8, 4) is 0 Å². The summed E-state index contributed by atoms with van der Waals surface area (Å²) in [6.45, 7) is 11.3. The summed E-state index contributed by atoms with van der Waals surface area (Å²) >= 11 is 3.60. The summed E-state index contributed by atoms with van der Waals surface area (Å²) < 4.78 is 14.2. The van der Waals surface area contributed by atoms with Crippen molar-refractivity contribution in [2.45, 2.75) is 26.3 Å².